The molecule has 0 unspecified atom stereocenters. The van der Waals surface area contributed by atoms with Crippen LogP contribution in [-0.4, -0.2) is 37.6 Å². The Morgan fingerprint density at radius 2 is 1.61 bits per heavy atom. The molecule has 166 valence electrons. The predicted octanol–water partition coefficient (Wildman–Crippen LogP) is 5.27. The van der Waals surface area contributed by atoms with E-state index in [2.05, 4.69) is 0 Å². The molecule has 3 aromatic carbocycles. The first kappa shape index (κ1) is 22.0. The van der Waals surface area contributed by atoms with Gasteiger partial charge in [0, 0.05) is 10.9 Å². The third-order valence-electron chi connectivity index (χ3n) is 5.43. The number of Topliss-reactive ketones (excluding diaryl/α,β-unsaturated/α-hetero) is 1. The number of hydrogen-bond donors (Lipinski definition) is 0. The maximum atomic E-state index is 13.2. The molecule has 0 amide bonds. The summed E-state index contributed by atoms with van der Waals surface area (Å²) in [6.07, 6.45) is 0. The highest BCUT2D eigenvalue weighted by molar-refractivity contribution is 6.08. The van der Waals surface area contributed by atoms with E-state index in [4.69, 9.17) is 19.2 Å². The van der Waals surface area contributed by atoms with Gasteiger partial charge in [-0.15, -0.1) is 0 Å². The lowest BCUT2D eigenvalue weighted by Crippen LogP contribution is -2.17. The van der Waals surface area contributed by atoms with Crippen LogP contribution in [0.2, 0.25) is 0 Å². The van der Waals surface area contributed by atoms with E-state index in [0.29, 0.717) is 39.2 Å². The summed E-state index contributed by atoms with van der Waals surface area (Å²) in [5.74, 6) is -0.0837. The van der Waals surface area contributed by atoms with Gasteiger partial charge in [0.05, 0.1) is 36.6 Å². The van der Waals surface area contributed by atoms with Crippen molar-refractivity contribution in [1.29, 1.82) is 0 Å². The molecule has 0 spiro atoms. The van der Waals surface area contributed by atoms with Crippen molar-refractivity contribution in [3.05, 3.63) is 89.5 Å². The number of ketones is 1. The highest BCUT2D eigenvalue weighted by Crippen LogP contribution is 2.30. The third kappa shape index (κ3) is 4.41. The van der Waals surface area contributed by atoms with Crippen molar-refractivity contribution in [1.82, 2.24) is 4.98 Å². The summed E-state index contributed by atoms with van der Waals surface area (Å²) in [6, 6.07) is 21.9. The Kier molecular flexibility index (Phi) is 6.36. The zero-order chi connectivity index (χ0) is 23.4. The molecular formula is C27H23NO5. The van der Waals surface area contributed by atoms with E-state index in [1.54, 1.807) is 18.2 Å². The van der Waals surface area contributed by atoms with Gasteiger partial charge in [-0.25, -0.2) is 9.78 Å². The highest BCUT2D eigenvalue weighted by atomic mass is 16.5. The summed E-state index contributed by atoms with van der Waals surface area (Å²) < 4.78 is 16.0. The minimum absolute atomic E-state index is 0.283. The number of benzene rings is 3. The fraction of sp³-hybridized carbons (Fsp3) is 0.148. The first-order valence-corrected chi connectivity index (χ1v) is 10.4. The number of aromatic nitrogens is 1. The van der Waals surface area contributed by atoms with Gasteiger partial charge in [-0.1, -0.05) is 48.5 Å². The van der Waals surface area contributed by atoms with Gasteiger partial charge in [-0.05, 0) is 36.8 Å². The van der Waals surface area contributed by atoms with Crippen LogP contribution in [0.25, 0.3) is 22.2 Å². The van der Waals surface area contributed by atoms with Crippen molar-refractivity contribution >= 4 is 22.7 Å². The van der Waals surface area contributed by atoms with E-state index in [-0.39, 0.29) is 5.56 Å². The smallest absolute Gasteiger partial charge is 0.339 e. The summed E-state index contributed by atoms with van der Waals surface area (Å²) >= 11 is 0. The van der Waals surface area contributed by atoms with Gasteiger partial charge >= 0.3 is 5.97 Å². The van der Waals surface area contributed by atoms with Crippen molar-refractivity contribution in [2.45, 2.75) is 6.92 Å². The number of ether oxygens (including phenoxy) is 3. The lowest BCUT2D eigenvalue weighted by molar-refractivity contribution is 0.0475. The van der Waals surface area contributed by atoms with Crippen LogP contribution in [-0.2, 0) is 4.74 Å². The zero-order valence-corrected chi connectivity index (χ0v) is 18.6. The van der Waals surface area contributed by atoms with Crippen molar-refractivity contribution in [2.75, 3.05) is 20.8 Å². The quantitative estimate of drug-likeness (QED) is 0.287. The van der Waals surface area contributed by atoms with E-state index in [9.17, 15) is 9.59 Å². The standard InChI is InChI=1S/C27H23NO5/c1-17-25(20-11-7-8-12-22(20)28-26(17)18-9-5-4-6-10-18)27(30)33-16-23(29)21-15-19(31-2)13-14-24(21)32-3/h4-15H,16H2,1-3H3. The number of carbonyl (C=O) groups is 2. The molecule has 33 heavy (non-hydrogen) atoms. The summed E-state index contributed by atoms with van der Waals surface area (Å²) in [5.41, 5.74) is 3.64. The average Bonchev–Trinajstić information content (AvgIpc) is 2.86. The molecule has 4 aromatic rings. The van der Waals surface area contributed by atoms with E-state index < -0.39 is 18.4 Å². The Balaban J connectivity index is 1.68. The van der Waals surface area contributed by atoms with Crippen LogP contribution in [0, 0.1) is 6.92 Å². The molecule has 0 aliphatic carbocycles. The number of fused-ring (bicyclic) bond motifs is 1. The molecule has 0 radical (unpaired) electrons. The Labute approximate surface area is 191 Å². The van der Waals surface area contributed by atoms with Crippen LogP contribution in [0.1, 0.15) is 26.3 Å². The molecule has 6 heteroatoms. The largest absolute Gasteiger partial charge is 0.497 e. The molecule has 0 aliphatic heterocycles. The van der Waals surface area contributed by atoms with Crippen molar-refractivity contribution in [3.63, 3.8) is 0 Å². The predicted molar refractivity (Wildman–Crippen MR) is 126 cm³/mol. The number of rotatable bonds is 7. The van der Waals surface area contributed by atoms with Gasteiger partial charge in [-0.2, -0.15) is 0 Å². The molecule has 0 fully saturated rings. The van der Waals surface area contributed by atoms with Crippen LogP contribution in [0.4, 0.5) is 0 Å². The molecule has 0 atom stereocenters. The van der Waals surface area contributed by atoms with Gasteiger partial charge < -0.3 is 14.2 Å². The van der Waals surface area contributed by atoms with E-state index in [1.165, 1.54) is 14.2 Å². The van der Waals surface area contributed by atoms with Crippen LogP contribution in [0.5, 0.6) is 11.5 Å². The maximum Gasteiger partial charge on any atom is 0.339 e. The summed E-state index contributed by atoms with van der Waals surface area (Å²) in [6.45, 7) is 1.41. The average molecular weight is 441 g/mol. The number of esters is 1. The van der Waals surface area contributed by atoms with Gasteiger partial charge in [0.1, 0.15) is 11.5 Å². The fourth-order valence-corrected chi connectivity index (χ4v) is 3.76. The van der Waals surface area contributed by atoms with Gasteiger partial charge in [-0.3, -0.25) is 4.79 Å². The maximum absolute atomic E-state index is 13.2. The van der Waals surface area contributed by atoms with Gasteiger partial charge in [0.15, 0.2) is 6.61 Å². The fourth-order valence-electron chi connectivity index (χ4n) is 3.76. The molecule has 1 aromatic heterocycles. The Bertz CT molecular complexity index is 1330. The SMILES string of the molecule is COc1ccc(OC)c(C(=O)COC(=O)c2c(C)c(-c3ccccc3)nc3ccccc23)c1. The summed E-state index contributed by atoms with van der Waals surface area (Å²) in [4.78, 5) is 30.8. The molecular weight excluding hydrogens is 418 g/mol. The number of para-hydroxylation sites is 1. The van der Waals surface area contributed by atoms with Crippen molar-refractivity contribution in [2.24, 2.45) is 0 Å². The van der Waals surface area contributed by atoms with E-state index >= 15 is 0 Å². The number of carbonyl (C=O) groups excluding carboxylic acids is 2. The molecule has 0 bridgehead atoms. The van der Waals surface area contributed by atoms with E-state index in [1.807, 2.05) is 61.5 Å². The van der Waals surface area contributed by atoms with Crippen LogP contribution >= 0.6 is 0 Å². The lowest BCUT2D eigenvalue weighted by Gasteiger charge is -2.14. The first-order chi connectivity index (χ1) is 16.0. The van der Waals surface area contributed by atoms with Crippen LogP contribution < -0.4 is 9.47 Å². The second-order valence-electron chi connectivity index (χ2n) is 7.41. The number of nitrogens with zero attached hydrogens (tertiary/aromatic N) is 1. The monoisotopic (exact) mass is 441 g/mol. The summed E-state index contributed by atoms with van der Waals surface area (Å²) in [7, 11) is 2.99. The van der Waals surface area contributed by atoms with Crippen LogP contribution in [0.15, 0.2) is 72.8 Å². The number of hydrogen-bond acceptors (Lipinski definition) is 6. The highest BCUT2D eigenvalue weighted by Gasteiger charge is 2.22. The molecule has 4 rings (SSSR count). The van der Waals surface area contributed by atoms with Crippen LogP contribution in [0.3, 0.4) is 0 Å². The normalized spacial score (nSPS) is 10.6. The minimum Gasteiger partial charge on any atom is -0.497 e. The number of pyridine rings is 1. The molecule has 6 nitrogen and oxygen atoms in total. The molecule has 0 aliphatic rings. The third-order valence-corrected chi connectivity index (χ3v) is 5.43. The zero-order valence-electron chi connectivity index (χ0n) is 18.6. The first-order valence-electron chi connectivity index (χ1n) is 10.4. The Morgan fingerprint density at radius 3 is 2.33 bits per heavy atom. The Hall–Kier alpha value is -4.19. The van der Waals surface area contributed by atoms with Crippen molar-refractivity contribution < 1.29 is 23.8 Å². The van der Waals surface area contributed by atoms with Crippen molar-refractivity contribution in [3.8, 4) is 22.8 Å². The lowest BCUT2D eigenvalue weighted by atomic mass is 9.98. The summed E-state index contributed by atoms with van der Waals surface area (Å²) in [5, 5.41) is 0.672. The second-order valence-corrected chi connectivity index (χ2v) is 7.41. The van der Waals surface area contributed by atoms with Gasteiger partial charge in [0.25, 0.3) is 0 Å². The number of methoxy groups -OCH3 is 2. The second kappa shape index (κ2) is 9.53. The Morgan fingerprint density at radius 1 is 0.879 bits per heavy atom. The van der Waals surface area contributed by atoms with Gasteiger partial charge in [0.2, 0.25) is 5.78 Å². The molecule has 1 heterocycles. The molecule has 0 N–H and O–H groups in total. The minimum atomic E-state index is -0.585. The molecule has 0 saturated carbocycles. The topological polar surface area (TPSA) is 74.7 Å². The molecule has 0 saturated heterocycles. The van der Waals surface area contributed by atoms with E-state index in [0.717, 1.165) is 5.56 Å².